The van der Waals surface area contributed by atoms with Crippen LogP contribution in [0.2, 0.25) is 0 Å². The molecule has 0 saturated carbocycles. The molecule has 0 aliphatic carbocycles. The minimum Gasteiger partial charge on any atom is -0.345 e. The molecule has 2 aromatic rings. The van der Waals surface area contributed by atoms with E-state index in [9.17, 15) is 4.39 Å². The molecule has 0 aliphatic heterocycles. The first-order valence-electron chi connectivity index (χ1n) is 5.35. The fourth-order valence-corrected chi connectivity index (χ4v) is 1.80. The molecule has 17 heavy (non-hydrogen) atoms. The van der Waals surface area contributed by atoms with Crippen molar-refractivity contribution in [3.8, 4) is 0 Å². The molecule has 0 aliphatic rings. The minimum atomic E-state index is -0.223. The molecule has 3 heteroatoms. The predicted octanol–water partition coefficient (Wildman–Crippen LogP) is 4.33. The van der Waals surface area contributed by atoms with E-state index in [4.69, 9.17) is 11.6 Å². The van der Waals surface area contributed by atoms with Crippen LogP contribution < -0.4 is 4.90 Å². The van der Waals surface area contributed by atoms with Gasteiger partial charge >= 0.3 is 0 Å². The molecule has 2 rings (SSSR count). The molecule has 1 nitrogen and oxygen atoms in total. The van der Waals surface area contributed by atoms with Crippen molar-refractivity contribution in [3.05, 3.63) is 59.9 Å². The molecule has 0 N–H and O–H groups in total. The zero-order chi connectivity index (χ0) is 12.3. The highest BCUT2D eigenvalue weighted by Crippen LogP contribution is 2.24. The van der Waals surface area contributed by atoms with Crippen molar-refractivity contribution in [3.63, 3.8) is 0 Å². The van der Waals surface area contributed by atoms with Gasteiger partial charge in [-0.25, -0.2) is 4.39 Å². The zero-order valence-corrected chi connectivity index (χ0v) is 10.3. The monoisotopic (exact) mass is 249 g/mol. The van der Waals surface area contributed by atoms with Crippen molar-refractivity contribution < 1.29 is 4.39 Å². The maximum atomic E-state index is 12.8. The summed E-state index contributed by atoms with van der Waals surface area (Å²) < 4.78 is 12.8. The second kappa shape index (κ2) is 5.19. The van der Waals surface area contributed by atoms with Crippen LogP contribution in [0.3, 0.4) is 0 Å². The lowest BCUT2D eigenvalue weighted by molar-refractivity contribution is 0.628. The van der Waals surface area contributed by atoms with Gasteiger partial charge in [-0.2, -0.15) is 0 Å². The van der Waals surface area contributed by atoms with Crippen LogP contribution in [0.1, 0.15) is 5.56 Å². The van der Waals surface area contributed by atoms with Crippen molar-refractivity contribution in [1.29, 1.82) is 0 Å². The topological polar surface area (TPSA) is 3.24 Å². The normalized spacial score (nSPS) is 10.3. The Hall–Kier alpha value is -1.54. The largest absolute Gasteiger partial charge is 0.345 e. The summed E-state index contributed by atoms with van der Waals surface area (Å²) in [4.78, 5) is 2.00. The number of rotatable bonds is 3. The molecular formula is C14H13ClFN. The van der Waals surface area contributed by atoms with Gasteiger partial charge in [0.2, 0.25) is 0 Å². The van der Waals surface area contributed by atoms with Gasteiger partial charge in [-0.3, -0.25) is 0 Å². The SMILES string of the molecule is CN(c1ccc(F)cc1)c1ccc(CCl)cc1. The summed E-state index contributed by atoms with van der Waals surface area (Å²) in [6, 6.07) is 14.4. The molecule has 0 bridgehead atoms. The smallest absolute Gasteiger partial charge is 0.123 e. The fourth-order valence-electron chi connectivity index (χ4n) is 1.62. The number of benzene rings is 2. The van der Waals surface area contributed by atoms with Crippen LogP contribution in [0, 0.1) is 5.82 Å². The quantitative estimate of drug-likeness (QED) is 0.732. The molecule has 0 unspecified atom stereocenters. The first kappa shape index (κ1) is 11.9. The summed E-state index contributed by atoms with van der Waals surface area (Å²) in [7, 11) is 1.95. The van der Waals surface area contributed by atoms with Gasteiger partial charge in [-0.1, -0.05) is 12.1 Å². The lowest BCUT2D eigenvalue weighted by Gasteiger charge is -2.19. The van der Waals surface area contributed by atoms with Crippen LogP contribution >= 0.6 is 11.6 Å². The molecule has 0 heterocycles. The predicted molar refractivity (Wildman–Crippen MR) is 70.5 cm³/mol. The number of halogens is 2. The van der Waals surface area contributed by atoms with Crippen molar-refractivity contribution in [1.82, 2.24) is 0 Å². The lowest BCUT2D eigenvalue weighted by atomic mass is 10.2. The molecule has 0 radical (unpaired) electrons. The Morgan fingerprint density at radius 3 is 1.88 bits per heavy atom. The summed E-state index contributed by atoms with van der Waals surface area (Å²) in [5, 5.41) is 0. The van der Waals surface area contributed by atoms with E-state index in [1.165, 1.54) is 12.1 Å². The summed E-state index contributed by atoms with van der Waals surface area (Å²) >= 11 is 5.74. The molecule has 2 aromatic carbocycles. The van der Waals surface area contributed by atoms with Gasteiger partial charge in [0.15, 0.2) is 0 Å². The highest BCUT2D eigenvalue weighted by molar-refractivity contribution is 6.17. The van der Waals surface area contributed by atoms with Gasteiger partial charge in [0.05, 0.1) is 0 Å². The maximum Gasteiger partial charge on any atom is 0.123 e. The average molecular weight is 250 g/mol. The Kier molecular flexibility index (Phi) is 3.64. The van der Waals surface area contributed by atoms with Gasteiger partial charge in [0.25, 0.3) is 0 Å². The van der Waals surface area contributed by atoms with E-state index in [1.54, 1.807) is 12.1 Å². The number of hydrogen-bond acceptors (Lipinski definition) is 1. The summed E-state index contributed by atoms with van der Waals surface area (Å²) in [5.74, 6) is 0.292. The number of alkyl halides is 1. The average Bonchev–Trinajstić information content (AvgIpc) is 2.39. The first-order chi connectivity index (χ1) is 8.20. The third kappa shape index (κ3) is 2.77. The standard InChI is InChI=1S/C14H13ClFN/c1-17(14-8-4-12(16)5-9-14)13-6-2-11(10-15)3-7-13/h2-9H,10H2,1H3. The number of anilines is 2. The van der Waals surface area contributed by atoms with Crippen molar-refractivity contribution in [2.45, 2.75) is 5.88 Å². The molecule has 88 valence electrons. The highest BCUT2D eigenvalue weighted by Gasteiger charge is 2.03. The van der Waals surface area contributed by atoms with E-state index in [2.05, 4.69) is 0 Å². The molecular weight excluding hydrogens is 237 g/mol. The van der Waals surface area contributed by atoms with E-state index >= 15 is 0 Å². The van der Waals surface area contributed by atoms with Crippen LogP contribution in [0.25, 0.3) is 0 Å². The van der Waals surface area contributed by atoms with Crippen LogP contribution in [0.4, 0.5) is 15.8 Å². The van der Waals surface area contributed by atoms with E-state index in [0.717, 1.165) is 16.9 Å². The molecule has 0 spiro atoms. The van der Waals surface area contributed by atoms with Gasteiger partial charge in [0.1, 0.15) is 5.82 Å². The highest BCUT2D eigenvalue weighted by atomic mass is 35.5. The Balaban J connectivity index is 2.23. The minimum absolute atomic E-state index is 0.223. The third-order valence-corrected chi connectivity index (χ3v) is 3.00. The number of hydrogen-bond donors (Lipinski definition) is 0. The zero-order valence-electron chi connectivity index (χ0n) is 9.53. The molecule has 0 fully saturated rings. The van der Waals surface area contributed by atoms with Gasteiger partial charge in [0, 0.05) is 24.3 Å². The Morgan fingerprint density at radius 2 is 1.41 bits per heavy atom. The van der Waals surface area contributed by atoms with E-state index in [1.807, 2.05) is 36.2 Å². The van der Waals surface area contributed by atoms with E-state index < -0.39 is 0 Å². The van der Waals surface area contributed by atoms with Gasteiger partial charge in [-0.05, 0) is 42.0 Å². The van der Waals surface area contributed by atoms with E-state index in [-0.39, 0.29) is 5.82 Å². The second-order valence-electron chi connectivity index (χ2n) is 3.84. The summed E-state index contributed by atoms with van der Waals surface area (Å²) in [5.41, 5.74) is 3.08. The van der Waals surface area contributed by atoms with Crippen molar-refractivity contribution in [2.24, 2.45) is 0 Å². The lowest BCUT2D eigenvalue weighted by Crippen LogP contribution is -2.09. The van der Waals surface area contributed by atoms with Gasteiger partial charge in [-0.15, -0.1) is 11.6 Å². The molecule has 0 amide bonds. The molecule has 0 atom stereocenters. The van der Waals surface area contributed by atoms with Crippen LogP contribution in [0.15, 0.2) is 48.5 Å². The Morgan fingerprint density at radius 1 is 0.941 bits per heavy atom. The Bertz CT molecular complexity index is 479. The van der Waals surface area contributed by atoms with Crippen LogP contribution in [-0.2, 0) is 5.88 Å². The third-order valence-electron chi connectivity index (χ3n) is 2.69. The van der Waals surface area contributed by atoms with Crippen LogP contribution in [0.5, 0.6) is 0 Å². The van der Waals surface area contributed by atoms with Gasteiger partial charge < -0.3 is 4.90 Å². The fraction of sp³-hybridized carbons (Fsp3) is 0.143. The Labute approximate surface area is 105 Å². The second-order valence-corrected chi connectivity index (χ2v) is 4.10. The van der Waals surface area contributed by atoms with Crippen molar-refractivity contribution in [2.75, 3.05) is 11.9 Å². The summed E-state index contributed by atoms with van der Waals surface area (Å²) in [6.45, 7) is 0. The van der Waals surface area contributed by atoms with Crippen molar-refractivity contribution >= 4 is 23.0 Å². The molecule has 0 saturated heterocycles. The number of nitrogens with zero attached hydrogens (tertiary/aromatic N) is 1. The summed E-state index contributed by atoms with van der Waals surface area (Å²) in [6.07, 6.45) is 0. The maximum absolute atomic E-state index is 12.8. The first-order valence-corrected chi connectivity index (χ1v) is 5.88. The van der Waals surface area contributed by atoms with Crippen LogP contribution in [-0.4, -0.2) is 7.05 Å². The van der Waals surface area contributed by atoms with E-state index in [0.29, 0.717) is 5.88 Å². The molecule has 0 aromatic heterocycles.